The third kappa shape index (κ3) is 2.70. The Bertz CT molecular complexity index is 660. The first-order chi connectivity index (χ1) is 9.40. The molecule has 0 atom stereocenters. The highest BCUT2D eigenvalue weighted by Gasteiger charge is 2.20. The molecule has 0 radical (unpaired) electrons. The van der Waals surface area contributed by atoms with Crippen molar-refractivity contribution in [2.24, 2.45) is 0 Å². The summed E-state index contributed by atoms with van der Waals surface area (Å²) in [5, 5.41) is 12.5. The van der Waals surface area contributed by atoms with Crippen LogP contribution in [0.25, 0.3) is 0 Å². The standard InChI is InChI=1S/C14H14N2O3S/c1-7-5-4-6-10(8(7)2)15-14-16-11(13(18)19)12(20-14)9(3)17/h4-6H,1-3H3,(H,15,16)(H,18,19). The van der Waals surface area contributed by atoms with E-state index in [1.165, 1.54) is 6.92 Å². The van der Waals surface area contributed by atoms with Gasteiger partial charge in [-0.3, -0.25) is 4.79 Å². The van der Waals surface area contributed by atoms with Crippen molar-refractivity contribution in [1.82, 2.24) is 4.98 Å². The molecule has 1 aromatic heterocycles. The summed E-state index contributed by atoms with van der Waals surface area (Å²) in [5.74, 6) is -1.49. The van der Waals surface area contributed by atoms with Gasteiger partial charge < -0.3 is 10.4 Å². The molecule has 104 valence electrons. The maximum Gasteiger partial charge on any atom is 0.356 e. The smallest absolute Gasteiger partial charge is 0.356 e. The Morgan fingerprint density at radius 1 is 1.30 bits per heavy atom. The summed E-state index contributed by atoms with van der Waals surface area (Å²) in [5.41, 5.74) is 2.84. The van der Waals surface area contributed by atoms with Crippen LogP contribution < -0.4 is 5.32 Å². The Morgan fingerprint density at radius 3 is 2.55 bits per heavy atom. The topological polar surface area (TPSA) is 79.3 Å². The van der Waals surface area contributed by atoms with Gasteiger partial charge in [0.05, 0.1) is 0 Å². The van der Waals surface area contributed by atoms with Crippen LogP contribution in [0.15, 0.2) is 18.2 Å². The number of aromatic nitrogens is 1. The third-order valence-corrected chi connectivity index (χ3v) is 4.07. The summed E-state index contributed by atoms with van der Waals surface area (Å²) in [4.78, 5) is 26.7. The molecule has 0 fully saturated rings. The van der Waals surface area contributed by atoms with Crippen LogP contribution in [-0.4, -0.2) is 21.8 Å². The first-order valence-corrected chi connectivity index (χ1v) is 6.80. The number of thiazole rings is 1. The normalized spacial score (nSPS) is 10.3. The Morgan fingerprint density at radius 2 is 2.00 bits per heavy atom. The minimum atomic E-state index is -1.19. The van der Waals surface area contributed by atoms with E-state index < -0.39 is 5.97 Å². The summed E-state index contributed by atoms with van der Waals surface area (Å²) < 4.78 is 0. The fourth-order valence-electron chi connectivity index (χ4n) is 1.76. The zero-order valence-corrected chi connectivity index (χ0v) is 12.2. The lowest BCUT2D eigenvalue weighted by Crippen LogP contribution is -2.03. The van der Waals surface area contributed by atoms with E-state index in [0.29, 0.717) is 5.13 Å². The van der Waals surface area contributed by atoms with Crippen LogP contribution in [-0.2, 0) is 0 Å². The van der Waals surface area contributed by atoms with Crippen molar-refractivity contribution < 1.29 is 14.7 Å². The first-order valence-electron chi connectivity index (χ1n) is 5.98. The SMILES string of the molecule is CC(=O)c1sc(Nc2cccc(C)c2C)nc1C(=O)O. The summed E-state index contributed by atoms with van der Waals surface area (Å²) in [6, 6.07) is 5.78. The van der Waals surface area contributed by atoms with Crippen LogP contribution in [0, 0.1) is 13.8 Å². The molecule has 0 saturated carbocycles. The molecule has 2 N–H and O–H groups in total. The van der Waals surface area contributed by atoms with Crippen LogP contribution in [0.5, 0.6) is 0 Å². The second-order valence-corrected chi connectivity index (χ2v) is 5.43. The van der Waals surface area contributed by atoms with E-state index in [2.05, 4.69) is 10.3 Å². The van der Waals surface area contributed by atoms with Crippen molar-refractivity contribution in [3.8, 4) is 0 Å². The molecule has 1 heterocycles. The zero-order chi connectivity index (χ0) is 14.9. The fraction of sp³-hybridized carbons (Fsp3) is 0.214. The lowest BCUT2D eigenvalue weighted by molar-refractivity contribution is 0.0687. The predicted octanol–water partition coefficient (Wildman–Crippen LogP) is 3.40. The molecule has 0 bridgehead atoms. The van der Waals surface area contributed by atoms with Crippen molar-refractivity contribution in [1.29, 1.82) is 0 Å². The van der Waals surface area contributed by atoms with E-state index in [0.717, 1.165) is 28.2 Å². The molecule has 2 aromatic rings. The molecule has 0 aliphatic heterocycles. The van der Waals surface area contributed by atoms with Crippen LogP contribution in [0.4, 0.5) is 10.8 Å². The monoisotopic (exact) mass is 290 g/mol. The van der Waals surface area contributed by atoms with Gasteiger partial charge >= 0.3 is 5.97 Å². The highest BCUT2D eigenvalue weighted by atomic mass is 32.1. The van der Waals surface area contributed by atoms with Gasteiger partial charge in [0.1, 0.15) is 4.88 Å². The Balaban J connectivity index is 2.40. The Hall–Kier alpha value is -2.21. The second-order valence-electron chi connectivity index (χ2n) is 4.43. The number of hydrogen-bond donors (Lipinski definition) is 2. The Labute approximate surface area is 120 Å². The quantitative estimate of drug-likeness (QED) is 0.844. The Kier molecular flexibility index (Phi) is 3.85. The third-order valence-electron chi connectivity index (χ3n) is 3.00. The molecule has 0 spiro atoms. The lowest BCUT2D eigenvalue weighted by atomic mass is 10.1. The first kappa shape index (κ1) is 14.2. The number of benzene rings is 1. The average Bonchev–Trinajstić information content (AvgIpc) is 2.79. The number of carboxylic acids is 1. The van der Waals surface area contributed by atoms with Crippen molar-refractivity contribution in [3.05, 3.63) is 39.9 Å². The number of rotatable bonds is 4. The zero-order valence-electron chi connectivity index (χ0n) is 11.4. The second kappa shape index (κ2) is 5.42. The molecule has 0 aliphatic carbocycles. The molecule has 1 aromatic carbocycles. The number of aromatic carboxylic acids is 1. The van der Waals surface area contributed by atoms with Crippen LogP contribution in [0.3, 0.4) is 0 Å². The van der Waals surface area contributed by atoms with E-state index in [4.69, 9.17) is 5.11 Å². The molecule has 6 heteroatoms. The molecule has 0 saturated heterocycles. The average molecular weight is 290 g/mol. The van der Waals surface area contributed by atoms with E-state index in [9.17, 15) is 9.59 Å². The number of Topliss-reactive ketones (excluding diaryl/α,β-unsaturated/α-hetero) is 1. The summed E-state index contributed by atoms with van der Waals surface area (Å²) >= 11 is 1.05. The number of aryl methyl sites for hydroxylation is 1. The van der Waals surface area contributed by atoms with Gasteiger partial charge in [0.2, 0.25) is 0 Å². The van der Waals surface area contributed by atoms with Crippen molar-refractivity contribution in [3.63, 3.8) is 0 Å². The van der Waals surface area contributed by atoms with Crippen LogP contribution in [0.2, 0.25) is 0 Å². The number of ketones is 1. The molecule has 0 amide bonds. The number of hydrogen-bond acceptors (Lipinski definition) is 5. The number of carbonyl (C=O) groups excluding carboxylic acids is 1. The maximum absolute atomic E-state index is 11.4. The van der Waals surface area contributed by atoms with E-state index in [-0.39, 0.29) is 16.4 Å². The number of nitrogens with zero attached hydrogens (tertiary/aromatic N) is 1. The van der Waals surface area contributed by atoms with Gasteiger partial charge in [0.25, 0.3) is 0 Å². The van der Waals surface area contributed by atoms with Crippen LogP contribution in [0.1, 0.15) is 38.2 Å². The molecular formula is C14H14N2O3S. The van der Waals surface area contributed by atoms with Gasteiger partial charge in [-0.05, 0) is 31.0 Å². The van der Waals surface area contributed by atoms with Gasteiger partial charge in [0, 0.05) is 12.6 Å². The summed E-state index contributed by atoms with van der Waals surface area (Å²) in [6.45, 7) is 5.29. The van der Waals surface area contributed by atoms with Gasteiger partial charge in [-0.25, -0.2) is 9.78 Å². The largest absolute Gasteiger partial charge is 0.476 e. The van der Waals surface area contributed by atoms with Gasteiger partial charge in [-0.15, -0.1) is 0 Å². The molecular weight excluding hydrogens is 276 g/mol. The molecule has 2 rings (SSSR count). The van der Waals surface area contributed by atoms with E-state index in [1.54, 1.807) is 0 Å². The fourth-order valence-corrected chi connectivity index (χ4v) is 2.62. The minimum absolute atomic E-state index is 0.158. The van der Waals surface area contributed by atoms with Crippen molar-refractivity contribution in [2.45, 2.75) is 20.8 Å². The highest BCUT2D eigenvalue weighted by Crippen LogP contribution is 2.28. The highest BCUT2D eigenvalue weighted by molar-refractivity contribution is 7.17. The van der Waals surface area contributed by atoms with Crippen LogP contribution >= 0.6 is 11.3 Å². The van der Waals surface area contributed by atoms with E-state index in [1.807, 2.05) is 32.0 Å². The molecule has 0 unspecified atom stereocenters. The lowest BCUT2D eigenvalue weighted by Gasteiger charge is -2.08. The van der Waals surface area contributed by atoms with Crippen molar-refractivity contribution >= 4 is 33.9 Å². The predicted molar refractivity (Wildman–Crippen MR) is 78.3 cm³/mol. The van der Waals surface area contributed by atoms with Gasteiger partial charge in [-0.1, -0.05) is 23.5 Å². The number of carboxylic acid groups (broad SMARTS) is 1. The van der Waals surface area contributed by atoms with E-state index >= 15 is 0 Å². The molecule has 20 heavy (non-hydrogen) atoms. The van der Waals surface area contributed by atoms with Gasteiger partial charge in [-0.2, -0.15) is 0 Å². The summed E-state index contributed by atoms with van der Waals surface area (Å²) in [6.07, 6.45) is 0. The summed E-state index contributed by atoms with van der Waals surface area (Å²) in [7, 11) is 0. The molecule has 0 aliphatic rings. The number of anilines is 2. The molecule has 5 nitrogen and oxygen atoms in total. The number of carbonyl (C=O) groups is 2. The minimum Gasteiger partial charge on any atom is -0.476 e. The van der Waals surface area contributed by atoms with Gasteiger partial charge in [0.15, 0.2) is 16.6 Å². The number of nitrogens with one attached hydrogen (secondary N) is 1. The maximum atomic E-state index is 11.4. The van der Waals surface area contributed by atoms with Crippen molar-refractivity contribution in [2.75, 3.05) is 5.32 Å².